The zero-order chi connectivity index (χ0) is 33.9. The van der Waals surface area contributed by atoms with Gasteiger partial charge in [-0.15, -0.1) is 11.8 Å². The van der Waals surface area contributed by atoms with E-state index in [1.54, 1.807) is 37.7 Å². The number of carbonyl (C=O) groups excluding carboxylic acids is 3. The fourth-order valence-electron chi connectivity index (χ4n) is 5.34. The zero-order valence-electron chi connectivity index (χ0n) is 27.9. The predicted molar refractivity (Wildman–Crippen MR) is 177 cm³/mol. The maximum atomic E-state index is 13.7. The van der Waals surface area contributed by atoms with Gasteiger partial charge in [-0.2, -0.15) is 0 Å². The summed E-state index contributed by atoms with van der Waals surface area (Å²) in [5.74, 6) is 1.69. The predicted octanol–water partition coefficient (Wildman–Crippen LogP) is 5.66. The lowest BCUT2D eigenvalue weighted by Gasteiger charge is -2.43. The molecule has 0 radical (unpaired) electrons. The van der Waals surface area contributed by atoms with Crippen LogP contribution in [0.5, 0.6) is 11.6 Å². The van der Waals surface area contributed by atoms with E-state index in [4.69, 9.17) is 18.9 Å². The third kappa shape index (κ3) is 8.73. The third-order valence-electron chi connectivity index (χ3n) is 7.46. The average Bonchev–Trinajstić information content (AvgIpc) is 3.00. The average molecular weight is 667 g/mol. The van der Waals surface area contributed by atoms with Gasteiger partial charge < -0.3 is 24.3 Å². The van der Waals surface area contributed by atoms with E-state index in [-0.39, 0.29) is 31.6 Å². The van der Waals surface area contributed by atoms with Crippen LogP contribution < -0.4 is 14.8 Å². The molecule has 3 amide bonds. The van der Waals surface area contributed by atoms with Crippen LogP contribution in [0.25, 0.3) is 10.9 Å². The highest BCUT2D eigenvalue weighted by atomic mass is 32.2. The van der Waals surface area contributed by atoms with Crippen molar-refractivity contribution in [2.24, 2.45) is 0 Å². The van der Waals surface area contributed by atoms with Crippen molar-refractivity contribution in [2.45, 2.75) is 89.1 Å². The number of likely N-dealkylation sites (tertiary alicyclic amines) is 1. The molecule has 1 fully saturated rings. The van der Waals surface area contributed by atoms with Gasteiger partial charge in [0, 0.05) is 6.54 Å². The number of pyridine rings is 1. The Kier molecular flexibility index (Phi) is 9.99. The van der Waals surface area contributed by atoms with Crippen LogP contribution >= 0.6 is 11.8 Å². The first-order valence-corrected chi connectivity index (χ1v) is 16.5. The lowest BCUT2D eigenvalue weighted by Crippen LogP contribution is -2.57. The second-order valence-electron chi connectivity index (χ2n) is 13.5. The summed E-state index contributed by atoms with van der Waals surface area (Å²) in [6.45, 7) is 11.3. The van der Waals surface area contributed by atoms with Crippen LogP contribution in [-0.2, 0) is 20.8 Å². The minimum Gasteiger partial charge on any atom is -0.497 e. The number of anilines is 1. The smallest absolute Gasteiger partial charge is 0.410 e. The van der Waals surface area contributed by atoms with Crippen LogP contribution in [0, 0.1) is 0 Å². The number of thioether (sulfide) groups is 1. The van der Waals surface area contributed by atoms with Crippen molar-refractivity contribution in [3.8, 4) is 11.6 Å². The van der Waals surface area contributed by atoms with E-state index in [0.717, 1.165) is 4.90 Å². The Labute approximate surface area is 278 Å². The number of benzene rings is 1. The van der Waals surface area contributed by atoms with Gasteiger partial charge in [-0.3, -0.25) is 14.6 Å². The fourth-order valence-corrected chi connectivity index (χ4v) is 6.10. The SMILES string of the molecule is COc1ccc2ncnc(OC[C@H]3CC[C@H](N(Cc4ccc5c(n4)NC(=O)CS5)C(=O)OC(C)(C)C)CN3C(=O)OC(C)(C)C)c2c1. The molecule has 3 aromatic rings. The highest BCUT2D eigenvalue weighted by Crippen LogP contribution is 2.32. The van der Waals surface area contributed by atoms with Crippen molar-refractivity contribution in [3.63, 3.8) is 0 Å². The molecule has 2 aromatic heterocycles. The molecule has 0 spiro atoms. The van der Waals surface area contributed by atoms with E-state index in [9.17, 15) is 14.4 Å². The normalized spacial score (nSPS) is 18.2. The van der Waals surface area contributed by atoms with Crippen LogP contribution in [0.3, 0.4) is 0 Å². The van der Waals surface area contributed by atoms with E-state index in [0.29, 0.717) is 52.6 Å². The molecule has 252 valence electrons. The molecule has 13 nitrogen and oxygen atoms in total. The molecule has 0 aliphatic carbocycles. The summed E-state index contributed by atoms with van der Waals surface area (Å²) in [5.41, 5.74) is -0.208. The van der Waals surface area contributed by atoms with Crippen molar-refractivity contribution in [1.29, 1.82) is 0 Å². The number of carbonyl (C=O) groups is 3. The van der Waals surface area contributed by atoms with Crippen molar-refractivity contribution in [3.05, 3.63) is 42.4 Å². The Bertz CT molecular complexity index is 1640. The van der Waals surface area contributed by atoms with Crippen LogP contribution in [-0.4, -0.2) is 92.1 Å². The van der Waals surface area contributed by atoms with Crippen LogP contribution in [0.4, 0.5) is 15.4 Å². The zero-order valence-corrected chi connectivity index (χ0v) is 28.7. The molecule has 1 N–H and O–H groups in total. The van der Waals surface area contributed by atoms with Gasteiger partial charge in [0.1, 0.15) is 35.7 Å². The van der Waals surface area contributed by atoms with Gasteiger partial charge >= 0.3 is 12.2 Å². The van der Waals surface area contributed by atoms with Gasteiger partial charge in [-0.1, -0.05) is 0 Å². The van der Waals surface area contributed by atoms with Gasteiger partial charge in [0.05, 0.1) is 53.0 Å². The Hall–Kier alpha value is -4.33. The molecule has 2 aliphatic heterocycles. The molecule has 14 heteroatoms. The number of piperidine rings is 1. The fraction of sp³-hybridized carbons (Fsp3) is 0.515. The quantitative estimate of drug-likeness (QED) is 0.333. The Morgan fingerprint density at radius 2 is 1.81 bits per heavy atom. The summed E-state index contributed by atoms with van der Waals surface area (Å²) >= 11 is 1.42. The minimum absolute atomic E-state index is 0.117. The van der Waals surface area contributed by atoms with Crippen molar-refractivity contribution in [1.82, 2.24) is 24.8 Å². The molecule has 0 saturated carbocycles. The first-order chi connectivity index (χ1) is 22.2. The number of hydrogen-bond acceptors (Lipinski definition) is 11. The lowest BCUT2D eigenvalue weighted by atomic mass is 9.97. The summed E-state index contributed by atoms with van der Waals surface area (Å²) in [5, 5.41) is 3.50. The maximum Gasteiger partial charge on any atom is 0.410 e. The van der Waals surface area contributed by atoms with E-state index < -0.39 is 29.4 Å². The summed E-state index contributed by atoms with van der Waals surface area (Å²) in [6, 6.07) is 8.40. The minimum atomic E-state index is -0.748. The van der Waals surface area contributed by atoms with Crippen molar-refractivity contribution in [2.75, 3.05) is 31.3 Å². The van der Waals surface area contributed by atoms with Crippen LogP contribution in [0.2, 0.25) is 0 Å². The van der Waals surface area contributed by atoms with E-state index >= 15 is 0 Å². The Morgan fingerprint density at radius 3 is 2.53 bits per heavy atom. The number of hydrogen-bond donors (Lipinski definition) is 1. The van der Waals surface area contributed by atoms with Gasteiger partial charge in [-0.05, 0) is 84.7 Å². The highest BCUT2D eigenvalue weighted by molar-refractivity contribution is 8.00. The van der Waals surface area contributed by atoms with Gasteiger partial charge in [0.15, 0.2) is 0 Å². The number of nitrogens with zero attached hydrogens (tertiary/aromatic N) is 5. The number of aromatic nitrogens is 3. The monoisotopic (exact) mass is 666 g/mol. The number of rotatable bonds is 7. The van der Waals surface area contributed by atoms with Crippen LogP contribution in [0.1, 0.15) is 60.1 Å². The first-order valence-electron chi connectivity index (χ1n) is 15.5. The molecule has 2 atom stereocenters. The molecule has 4 heterocycles. The maximum absolute atomic E-state index is 13.7. The van der Waals surface area contributed by atoms with Gasteiger partial charge in [0.2, 0.25) is 11.8 Å². The highest BCUT2D eigenvalue weighted by Gasteiger charge is 2.40. The molecule has 1 saturated heterocycles. The first kappa shape index (κ1) is 34.0. The van der Waals surface area contributed by atoms with Gasteiger partial charge in [-0.25, -0.2) is 24.5 Å². The number of nitrogens with one attached hydrogen (secondary N) is 1. The van der Waals surface area contributed by atoms with Crippen molar-refractivity contribution < 1.29 is 33.3 Å². The largest absolute Gasteiger partial charge is 0.497 e. The molecule has 0 unspecified atom stereocenters. The van der Waals surface area contributed by atoms with E-state index in [2.05, 4.69) is 20.3 Å². The second-order valence-corrected chi connectivity index (χ2v) is 14.5. The summed E-state index contributed by atoms with van der Waals surface area (Å²) in [7, 11) is 1.59. The lowest BCUT2D eigenvalue weighted by molar-refractivity contribution is -0.113. The molecule has 47 heavy (non-hydrogen) atoms. The van der Waals surface area contributed by atoms with Crippen molar-refractivity contribution >= 4 is 46.6 Å². The molecular formula is C33H42N6O7S. The number of ether oxygens (including phenoxy) is 4. The number of methoxy groups -OCH3 is 1. The summed E-state index contributed by atoms with van der Waals surface area (Å²) in [6.07, 6.45) is 1.47. The topological polar surface area (TPSA) is 145 Å². The van der Waals surface area contributed by atoms with Crippen LogP contribution in [0.15, 0.2) is 41.6 Å². The third-order valence-corrected chi connectivity index (χ3v) is 8.51. The molecule has 1 aromatic carbocycles. The molecule has 5 rings (SSSR count). The van der Waals surface area contributed by atoms with E-state index in [1.165, 1.54) is 18.1 Å². The summed E-state index contributed by atoms with van der Waals surface area (Å²) in [4.78, 5) is 56.8. The Balaban J connectivity index is 1.40. The molecule has 0 bridgehead atoms. The Morgan fingerprint density at radius 1 is 1.04 bits per heavy atom. The second kappa shape index (κ2) is 13.8. The molecule has 2 aliphatic rings. The number of amides is 3. The summed E-state index contributed by atoms with van der Waals surface area (Å²) < 4.78 is 23.2. The molecular weight excluding hydrogens is 624 g/mol. The van der Waals surface area contributed by atoms with Gasteiger partial charge in [0.25, 0.3) is 0 Å². The number of fused-ring (bicyclic) bond motifs is 2. The van der Waals surface area contributed by atoms with E-state index in [1.807, 2.05) is 51.1 Å². The standard InChI is InChI=1S/C33H42N6O7S/c1-32(2,3)45-30(41)38(15-20-8-13-26-28(36-20)37-27(40)18-47-26)21-9-10-22(39(16-21)31(42)46-33(4,5)6)17-44-29-24-14-23(43-7)11-12-25(24)34-19-35-29/h8,11-14,19,21-22H,9-10,15-18H2,1-7H3,(H,36,37,40)/t21-,22+/m0/s1.